The zero-order valence-corrected chi connectivity index (χ0v) is 21.4. The number of halogens is 1. The van der Waals surface area contributed by atoms with Crippen molar-refractivity contribution in [1.82, 2.24) is 0 Å². The molecule has 0 spiro atoms. The van der Waals surface area contributed by atoms with Crippen molar-refractivity contribution in [3.8, 4) is 5.75 Å². The third-order valence-electron chi connectivity index (χ3n) is 6.10. The van der Waals surface area contributed by atoms with Crippen molar-refractivity contribution in [3.05, 3.63) is 99.6 Å². The van der Waals surface area contributed by atoms with Gasteiger partial charge in [-0.1, -0.05) is 53.6 Å². The van der Waals surface area contributed by atoms with Gasteiger partial charge in [0, 0.05) is 11.3 Å². The van der Waals surface area contributed by atoms with Crippen LogP contribution in [0.4, 0.5) is 5.69 Å². The number of methoxy groups -OCH3 is 1. The van der Waals surface area contributed by atoms with Crippen molar-refractivity contribution in [2.24, 2.45) is 0 Å². The van der Waals surface area contributed by atoms with E-state index in [-0.39, 0.29) is 35.2 Å². The second-order valence-electron chi connectivity index (χ2n) is 8.58. The molecule has 0 bridgehead atoms. The minimum absolute atomic E-state index is 0.0821. The fourth-order valence-electron chi connectivity index (χ4n) is 4.37. The summed E-state index contributed by atoms with van der Waals surface area (Å²) in [4.78, 5) is 40.0. The van der Waals surface area contributed by atoms with Gasteiger partial charge in [0.05, 0.1) is 36.8 Å². The van der Waals surface area contributed by atoms with Gasteiger partial charge >= 0.3 is 5.97 Å². The summed E-state index contributed by atoms with van der Waals surface area (Å²) in [5.74, 6) is -1.94. The van der Waals surface area contributed by atoms with Crippen LogP contribution in [0.1, 0.15) is 35.2 Å². The van der Waals surface area contributed by atoms with Crippen molar-refractivity contribution >= 4 is 40.7 Å². The van der Waals surface area contributed by atoms with Gasteiger partial charge in [0.1, 0.15) is 11.5 Å². The van der Waals surface area contributed by atoms with E-state index in [1.165, 1.54) is 18.1 Å². The van der Waals surface area contributed by atoms with Crippen LogP contribution in [-0.2, 0) is 25.5 Å². The van der Waals surface area contributed by atoms with Gasteiger partial charge in [-0.15, -0.1) is 0 Å². The first-order valence-corrected chi connectivity index (χ1v) is 12.1. The summed E-state index contributed by atoms with van der Waals surface area (Å²) >= 11 is 6.37. The molecule has 1 aliphatic heterocycles. The molecule has 3 aromatic rings. The van der Waals surface area contributed by atoms with Crippen LogP contribution in [0.5, 0.6) is 5.75 Å². The van der Waals surface area contributed by atoms with Crippen LogP contribution in [0, 0.1) is 6.92 Å². The number of aliphatic hydroxyl groups is 1. The lowest BCUT2D eigenvalue weighted by Gasteiger charge is -2.26. The number of nitrogens with zero attached hydrogens (tertiary/aromatic N) is 1. The normalized spacial score (nSPS) is 16.6. The second-order valence-corrected chi connectivity index (χ2v) is 8.98. The lowest BCUT2D eigenvalue weighted by Crippen LogP contribution is -2.29. The first-order valence-electron chi connectivity index (χ1n) is 11.7. The lowest BCUT2D eigenvalue weighted by atomic mass is 9.94. The van der Waals surface area contributed by atoms with Crippen LogP contribution in [-0.4, -0.2) is 36.5 Å². The number of aryl methyl sites for hydroxylation is 1. The standard InChI is InChI=1S/C29H26ClNO6/c1-4-37-24(32)15-18-8-10-20(11-9-18)31-26(19-7-5-6-17(2)14-19)25(28(34)29(31)35)27(33)22-16-21(36-3)12-13-23(22)30/h5-14,16,26,33H,4,15H2,1-3H3/b27-25+. The molecule has 4 rings (SSSR count). The third kappa shape index (κ3) is 5.22. The Labute approximate surface area is 219 Å². The molecule has 7 nitrogen and oxygen atoms in total. The SMILES string of the molecule is CCOC(=O)Cc1ccc(N2C(=O)C(=O)/C(=C(/O)c3cc(OC)ccc3Cl)C2c2cccc(C)c2)cc1. The smallest absolute Gasteiger partial charge is 0.310 e. The van der Waals surface area contributed by atoms with E-state index in [0.29, 0.717) is 22.6 Å². The highest BCUT2D eigenvalue weighted by Gasteiger charge is 2.47. The van der Waals surface area contributed by atoms with Crippen LogP contribution >= 0.6 is 11.6 Å². The van der Waals surface area contributed by atoms with Gasteiger partial charge in [0.2, 0.25) is 0 Å². The molecule has 190 valence electrons. The van der Waals surface area contributed by atoms with Gasteiger partial charge in [0.15, 0.2) is 0 Å². The molecule has 37 heavy (non-hydrogen) atoms. The Morgan fingerprint density at radius 3 is 2.43 bits per heavy atom. The predicted octanol–water partition coefficient (Wildman–Crippen LogP) is 5.39. The van der Waals surface area contributed by atoms with E-state index >= 15 is 0 Å². The number of ether oxygens (including phenoxy) is 2. The monoisotopic (exact) mass is 519 g/mol. The maximum absolute atomic E-state index is 13.4. The van der Waals surface area contributed by atoms with Crippen LogP contribution in [0.15, 0.2) is 72.3 Å². The first kappa shape index (κ1) is 26.0. The Kier molecular flexibility index (Phi) is 7.64. The fraction of sp³-hybridized carbons (Fsp3) is 0.207. The number of carbonyl (C=O) groups is 3. The zero-order valence-electron chi connectivity index (χ0n) is 20.7. The summed E-state index contributed by atoms with van der Waals surface area (Å²) < 4.78 is 10.3. The molecule has 1 unspecified atom stereocenters. The van der Waals surface area contributed by atoms with E-state index in [0.717, 1.165) is 5.56 Å². The maximum Gasteiger partial charge on any atom is 0.310 e. The summed E-state index contributed by atoms with van der Waals surface area (Å²) in [5, 5.41) is 11.6. The highest BCUT2D eigenvalue weighted by molar-refractivity contribution is 6.52. The molecule has 0 aromatic heterocycles. The summed E-state index contributed by atoms with van der Waals surface area (Å²) in [6, 6.07) is 17.9. The molecule has 1 aliphatic rings. The van der Waals surface area contributed by atoms with E-state index in [1.54, 1.807) is 49.4 Å². The third-order valence-corrected chi connectivity index (χ3v) is 6.43. The minimum Gasteiger partial charge on any atom is -0.507 e. The Balaban J connectivity index is 1.85. The highest BCUT2D eigenvalue weighted by atomic mass is 35.5. The number of benzene rings is 3. The Morgan fingerprint density at radius 1 is 1.05 bits per heavy atom. The van der Waals surface area contributed by atoms with E-state index in [9.17, 15) is 19.5 Å². The number of ketones is 1. The van der Waals surface area contributed by atoms with Gasteiger partial charge in [0.25, 0.3) is 11.7 Å². The molecule has 8 heteroatoms. The predicted molar refractivity (Wildman–Crippen MR) is 141 cm³/mol. The molecule has 0 saturated carbocycles. The van der Waals surface area contributed by atoms with Gasteiger partial charge in [-0.05, 0) is 55.3 Å². The number of esters is 1. The molecule has 0 aliphatic carbocycles. The lowest BCUT2D eigenvalue weighted by molar-refractivity contribution is -0.142. The van der Waals surface area contributed by atoms with Crippen molar-refractivity contribution in [3.63, 3.8) is 0 Å². The minimum atomic E-state index is -0.905. The van der Waals surface area contributed by atoms with Gasteiger partial charge in [-0.2, -0.15) is 0 Å². The Morgan fingerprint density at radius 2 is 1.78 bits per heavy atom. The summed E-state index contributed by atoms with van der Waals surface area (Å²) in [6.45, 7) is 3.93. The first-order chi connectivity index (χ1) is 17.7. The number of carbonyl (C=O) groups excluding carboxylic acids is 3. The van der Waals surface area contributed by atoms with Gasteiger partial charge < -0.3 is 14.6 Å². The number of amides is 1. The Hall–Kier alpha value is -4.10. The fourth-order valence-corrected chi connectivity index (χ4v) is 4.57. The zero-order chi connectivity index (χ0) is 26.7. The van der Waals surface area contributed by atoms with Crippen LogP contribution in [0.25, 0.3) is 5.76 Å². The molecule has 1 atom stereocenters. The molecule has 0 radical (unpaired) electrons. The van der Waals surface area contributed by atoms with Crippen molar-refractivity contribution in [1.29, 1.82) is 0 Å². The average Bonchev–Trinajstić information content (AvgIpc) is 3.15. The van der Waals surface area contributed by atoms with E-state index in [1.807, 2.05) is 25.1 Å². The number of Topliss-reactive ketones (excluding diaryl/α,β-unsaturated/α-hetero) is 1. The van der Waals surface area contributed by atoms with Gasteiger partial charge in [-0.3, -0.25) is 19.3 Å². The molecule has 1 fully saturated rings. The molecule has 1 amide bonds. The van der Waals surface area contributed by atoms with E-state index < -0.39 is 23.5 Å². The van der Waals surface area contributed by atoms with Crippen LogP contribution in [0.3, 0.4) is 0 Å². The van der Waals surface area contributed by atoms with Crippen molar-refractivity contribution < 1.29 is 29.0 Å². The van der Waals surface area contributed by atoms with E-state index in [2.05, 4.69) is 0 Å². The van der Waals surface area contributed by atoms with Crippen molar-refractivity contribution in [2.45, 2.75) is 26.3 Å². The Bertz CT molecular complexity index is 1400. The van der Waals surface area contributed by atoms with Crippen LogP contribution in [0.2, 0.25) is 5.02 Å². The van der Waals surface area contributed by atoms with E-state index in [4.69, 9.17) is 21.1 Å². The van der Waals surface area contributed by atoms with Crippen LogP contribution < -0.4 is 9.64 Å². The van der Waals surface area contributed by atoms with Crippen molar-refractivity contribution in [2.75, 3.05) is 18.6 Å². The highest BCUT2D eigenvalue weighted by Crippen LogP contribution is 2.43. The number of hydrogen-bond donors (Lipinski definition) is 1. The quantitative estimate of drug-likeness (QED) is 0.195. The number of anilines is 1. The molecule has 1 saturated heterocycles. The summed E-state index contributed by atoms with van der Waals surface area (Å²) in [6.07, 6.45) is 0.0859. The number of rotatable bonds is 7. The molecular weight excluding hydrogens is 494 g/mol. The number of aliphatic hydroxyl groups excluding tert-OH is 1. The summed E-state index contributed by atoms with van der Waals surface area (Å²) in [7, 11) is 1.48. The average molecular weight is 520 g/mol. The maximum atomic E-state index is 13.4. The second kappa shape index (κ2) is 10.9. The topological polar surface area (TPSA) is 93.1 Å². The largest absolute Gasteiger partial charge is 0.507 e. The number of hydrogen-bond acceptors (Lipinski definition) is 6. The molecular formula is C29H26ClNO6. The van der Waals surface area contributed by atoms with Gasteiger partial charge in [-0.25, -0.2) is 0 Å². The summed E-state index contributed by atoms with van der Waals surface area (Å²) in [5.41, 5.74) is 2.82. The molecule has 1 heterocycles. The molecule has 1 N–H and O–H groups in total. The molecule has 3 aromatic carbocycles.